The van der Waals surface area contributed by atoms with Crippen LogP contribution in [0.5, 0.6) is 0 Å². The fraction of sp³-hybridized carbons (Fsp3) is 0.300. The molecule has 0 aliphatic heterocycles. The van der Waals surface area contributed by atoms with Gasteiger partial charge in [-0.3, -0.25) is 0 Å². The maximum Gasteiger partial charge on any atom is 0.336 e. The van der Waals surface area contributed by atoms with Crippen molar-refractivity contribution in [3.63, 3.8) is 0 Å². The van der Waals surface area contributed by atoms with Gasteiger partial charge < -0.3 is 9.84 Å². The van der Waals surface area contributed by atoms with Crippen molar-refractivity contribution < 1.29 is 14.6 Å². The normalized spacial score (nSPS) is 25.7. The molecule has 0 heterocycles. The third-order valence-electron chi connectivity index (χ3n) is 2.00. The molecule has 1 aliphatic carbocycles. The summed E-state index contributed by atoms with van der Waals surface area (Å²) in [7, 11) is 1.26. The summed E-state index contributed by atoms with van der Waals surface area (Å²) in [6.07, 6.45) is 7.15. The number of hydrogen-bond donors (Lipinski definition) is 1. The molecule has 3 heteroatoms. The summed E-state index contributed by atoms with van der Waals surface area (Å²) in [5.74, 6) is -0.581. The van der Waals surface area contributed by atoms with Gasteiger partial charge in [0.05, 0.1) is 12.7 Å². The number of methoxy groups -OCH3 is 1. The van der Waals surface area contributed by atoms with E-state index < -0.39 is 11.6 Å². The number of rotatable bonds is 2. The van der Waals surface area contributed by atoms with Gasteiger partial charge in [-0.15, -0.1) is 0 Å². The molecule has 0 saturated carbocycles. The van der Waals surface area contributed by atoms with Gasteiger partial charge in [-0.25, -0.2) is 4.79 Å². The Morgan fingerprint density at radius 3 is 2.77 bits per heavy atom. The van der Waals surface area contributed by atoms with Crippen LogP contribution in [0, 0.1) is 0 Å². The summed E-state index contributed by atoms with van der Waals surface area (Å²) in [5, 5.41) is 9.90. The molecular formula is C10H12O3. The van der Waals surface area contributed by atoms with E-state index in [9.17, 15) is 9.90 Å². The molecule has 1 atom stereocenters. The van der Waals surface area contributed by atoms with Crippen molar-refractivity contribution in [3.05, 3.63) is 36.5 Å². The van der Waals surface area contributed by atoms with Crippen LogP contribution in [-0.2, 0) is 9.53 Å². The van der Waals surface area contributed by atoms with Gasteiger partial charge >= 0.3 is 5.97 Å². The summed E-state index contributed by atoms with van der Waals surface area (Å²) in [5.41, 5.74) is -1.21. The van der Waals surface area contributed by atoms with Crippen LogP contribution in [0.25, 0.3) is 0 Å². The average molecular weight is 180 g/mol. The highest BCUT2D eigenvalue weighted by Gasteiger charge is 2.32. The van der Waals surface area contributed by atoms with E-state index in [4.69, 9.17) is 0 Å². The van der Waals surface area contributed by atoms with Crippen LogP contribution in [0.4, 0.5) is 0 Å². The Kier molecular flexibility index (Phi) is 2.68. The number of hydrogen-bond acceptors (Lipinski definition) is 3. The number of carbonyl (C=O) groups is 1. The highest BCUT2D eigenvalue weighted by atomic mass is 16.5. The highest BCUT2D eigenvalue weighted by molar-refractivity contribution is 5.90. The fourth-order valence-corrected chi connectivity index (χ4v) is 1.13. The van der Waals surface area contributed by atoms with Gasteiger partial charge in [-0.2, -0.15) is 0 Å². The Balaban J connectivity index is 2.81. The monoisotopic (exact) mass is 180 g/mol. The maximum absolute atomic E-state index is 11.1. The lowest BCUT2D eigenvalue weighted by Crippen LogP contribution is -2.33. The highest BCUT2D eigenvalue weighted by Crippen LogP contribution is 2.25. The van der Waals surface area contributed by atoms with E-state index in [0.29, 0.717) is 6.42 Å². The van der Waals surface area contributed by atoms with Gasteiger partial charge in [-0.1, -0.05) is 24.8 Å². The lowest BCUT2D eigenvalue weighted by molar-refractivity contribution is -0.138. The lowest BCUT2D eigenvalue weighted by Gasteiger charge is -2.25. The molecular weight excluding hydrogens is 168 g/mol. The molecule has 13 heavy (non-hydrogen) atoms. The third kappa shape index (κ3) is 1.87. The molecule has 1 aliphatic rings. The van der Waals surface area contributed by atoms with Crippen molar-refractivity contribution in [1.29, 1.82) is 0 Å². The summed E-state index contributed by atoms with van der Waals surface area (Å²) in [4.78, 5) is 11.1. The molecule has 0 bridgehead atoms. The SMILES string of the molecule is C=C(C(=O)OC)C1(O)C=CC=CC1. The number of ether oxygens (including phenoxy) is 1. The molecule has 0 fully saturated rings. The van der Waals surface area contributed by atoms with E-state index in [0.717, 1.165) is 0 Å². The first kappa shape index (κ1) is 9.74. The molecule has 0 aromatic heterocycles. The van der Waals surface area contributed by atoms with Gasteiger partial charge in [-0.05, 0) is 6.08 Å². The van der Waals surface area contributed by atoms with Crippen LogP contribution >= 0.6 is 0 Å². The van der Waals surface area contributed by atoms with Crippen LogP contribution in [0.1, 0.15) is 6.42 Å². The van der Waals surface area contributed by atoms with Crippen molar-refractivity contribution in [3.8, 4) is 0 Å². The van der Waals surface area contributed by atoms with Crippen molar-refractivity contribution in [1.82, 2.24) is 0 Å². The summed E-state index contributed by atoms with van der Waals surface area (Å²) < 4.78 is 4.47. The van der Waals surface area contributed by atoms with Crippen LogP contribution in [-0.4, -0.2) is 23.8 Å². The van der Waals surface area contributed by atoms with E-state index in [1.807, 2.05) is 0 Å². The van der Waals surface area contributed by atoms with Gasteiger partial charge in [0.1, 0.15) is 5.60 Å². The fourth-order valence-electron chi connectivity index (χ4n) is 1.13. The summed E-state index contributed by atoms with van der Waals surface area (Å²) in [6, 6.07) is 0. The smallest absolute Gasteiger partial charge is 0.336 e. The Morgan fingerprint density at radius 1 is 1.62 bits per heavy atom. The average Bonchev–Trinajstić information content (AvgIpc) is 2.16. The minimum Gasteiger partial charge on any atom is -0.466 e. The Hall–Kier alpha value is -1.35. The molecule has 0 spiro atoms. The van der Waals surface area contributed by atoms with E-state index in [1.165, 1.54) is 13.2 Å². The van der Waals surface area contributed by atoms with Crippen molar-refractivity contribution >= 4 is 5.97 Å². The number of carbonyl (C=O) groups excluding carboxylic acids is 1. The van der Waals surface area contributed by atoms with Crippen molar-refractivity contribution in [2.24, 2.45) is 0 Å². The number of esters is 1. The Bertz CT molecular complexity index is 289. The molecule has 0 aromatic carbocycles. The van der Waals surface area contributed by atoms with E-state index in [-0.39, 0.29) is 5.57 Å². The summed E-state index contributed by atoms with van der Waals surface area (Å²) in [6.45, 7) is 3.51. The van der Waals surface area contributed by atoms with Gasteiger partial charge in [0.15, 0.2) is 0 Å². The maximum atomic E-state index is 11.1. The molecule has 0 aromatic rings. The first-order chi connectivity index (χ1) is 6.10. The predicted molar refractivity (Wildman–Crippen MR) is 49.0 cm³/mol. The number of allylic oxidation sites excluding steroid dienone is 2. The standard InChI is InChI=1S/C10H12O3/c1-8(9(11)13-2)10(12)6-4-3-5-7-10/h3-6,12H,1,7H2,2H3. The van der Waals surface area contributed by atoms with E-state index in [2.05, 4.69) is 11.3 Å². The first-order valence-corrected chi connectivity index (χ1v) is 3.94. The lowest BCUT2D eigenvalue weighted by atomic mass is 9.88. The van der Waals surface area contributed by atoms with E-state index >= 15 is 0 Å². The molecule has 0 saturated heterocycles. The molecule has 3 nitrogen and oxygen atoms in total. The Morgan fingerprint density at radius 2 is 2.31 bits per heavy atom. The zero-order valence-corrected chi connectivity index (χ0v) is 7.49. The van der Waals surface area contributed by atoms with Crippen LogP contribution in [0.2, 0.25) is 0 Å². The molecule has 1 unspecified atom stereocenters. The zero-order chi connectivity index (χ0) is 9.90. The molecule has 70 valence electrons. The third-order valence-corrected chi connectivity index (χ3v) is 2.00. The minimum absolute atomic E-state index is 0.0654. The quantitative estimate of drug-likeness (QED) is 0.508. The van der Waals surface area contributed by atoms with Crippen molar-refractivity contribution in [2.45, 2.75) is 12.0 Å². The topological polar surface area (TPSA) is 46.5 Å². The molecule has 1 N–H and O–H groups in total. The van der Waals surface area contributed by atoms with Crippen molar-refractivity contribution in [2.75, 3.05) is 7.11 Å². The van der Waals surface area contributed by atoms with Gasteiger partial charge in [0, 0.05) is 6.42 Å². The second kappa shape index (κ2) is 3.58. The first-order valence-electron chi connectivity index (χ1n) is 3.94. The molecule has 1 rings (SSSR count). The predicted octanol–water partition coefficient (Wildman–Crippen LogP) is 0.963. The zero-order valence-electron chi connectivity index (χ0n) is 7.49. The molecule has 0 amide bonds. The second-order valence-corrected chi connectivity index (χ2v) is 2.89. The minimum atomic E-state index is -1.28. The summed E-state index contributed by atoms with van der Waals surface area (Å²) >= 11 is 0. The second-order valence-electron chi connectivity index (χ2n) is 2.89. The number of aliphatic hydroxyl groups is 1. The largest absolute Gasteiger partial charge is 0.466 e. The Labute approximate surface area is 77.0 Å². The van der Waals surface area contributed by atoms with E-state index in [1.54, 1.807) is 18.2 Å². The van der Waals surface area contributed by atoms with Crippen LogP contribution in [0.15, 0.2) is 36.5 Å². The van der Waals surface area contributed by atoms with Crippen LogP contribution in [0.3, 0.4) is 0 Å². The van der Waals surface area contributed by atoms with Gasteiger partial charge in [0.25, 0.3) is 0 Å². The van der Waals surface area contributed by atoms with Gasteiger partial charge in [0.2, 0.25) is 0 Å². The van der Waals surface area contributed by atoms with Crippen LogP contribution < -0.4 is 0 Å². The molecule has 0 radical (unpaired) electrons.